The normalized spacial score (nSPS) is 12.0. The molecule has 0 bridgehead atoms. The standard InChI is InChI=1S/C16H16Cl2FN3O3/c1-7-14(8(2)22(4)21-7)20-15(23)9(3)25-16(24)10-5-13(19)12(18)6-11(10)17/h5-6,9H,1-4H3,(H,20,23)/t9-/m0/s1. The number of hydrogen-bond acceptors (Lipinski definition) is 4. The van der Waals surface area contributed by atoms with Crippen LogP contribution in [0.4, 0.5) is 10.1 Å². The summed E-state index contributed by atoms with van der Waals surface area (Å²) in [7, 11) is 1.75. The van der Waals surface area contributed by atoms with Crippen LogP contribution in [0.5, 0.6) is 0 Å². The second-order valence-electron chi connectivity index (χ2n) is 5.45. The summed E-state index contributed by atoms with van der Waals surface area (Å²) >= 11 is 11.5. The van der Waals surface area contributed by atoms with Crippen LogP contribution in [-0.2, 0) is 16.6 Å². The Morgan fingerprint density at radius 3 is 2.48 bits per heavy atom. The van der Waals surface area contributed by atoms with Crippen molar-refractivity contribution in [3.63, 3.8) is 0 Å². The third-order valence-corrected chi connectivity index (χ3v) is 4.24. The second kappa shape index (κ2) is 7.41. The number of anilines is 1. The van der Waals surface area contributed by atoms with Crippen molar-refractivity contribution in [2.24, 2.45) is 7.05 Å². The predicted octanol–water partition coefficient (Wildman–Crippen LogP) is 3.67. The van der Waals surface area contributed by atoms with Gasteiger partial charge in [-0.25, -0.2) is 9.18 Å². The van der Waals surface area contributed by atoms with Gasteiger partial charge in [0.05, 0.1) is 32.7 Å². The van der Waals surface area contributed by atoms with E-state index in [0.29, 0.717) is 11.4 Å². The van der Waals surface area contributed by atoms with Gasteiger partial charge in [0.1, 0.15) is 5.82 Å². The number of amides is 1. The van der Waals surface area contributed by atoms with E-state index in [-0.39, 0.29) is 15.6 Å². The number of carbonyl (C=O) groups excluding carboxylic acids is 2. The van der Waals surface area contributed by atoms with Crippen molar-refractivity contribution in [2.45, 2.75) is 26.9 Å². The van der Waals surface area contributed by atoms with Crippen LogP contribution in [0, 0.1) is 19.7 Å². The Balaban J connectivity index is 2.11. The van der Waals surface area contributed by atoms with E-state index < -0.39 is 23.8 Å². The molecule has 1 amide bonds. The number of nitrogens with zero attached hydrogens (tertiary/aromatic N) is 2. The first-order chi connectivity index (χ1) is 11.6. The summed E-state index contributed by atoms with van der Waals surface area (Å²) in [5, 5.41) is 6.57. The lowest BCUT2D eigenvalue weighted by Crippen LogP contribution is -2.30. The van der Waals surface area contributed by atoms with E-state index in [4.69, 9.17) is 27.9 Å². The Labute approximate surface area is 153 Å². The SMILES string of the molecule is Cc1nn(C)c(C)c1NC(=O)[C@H](C)OC(=O)c1cc(F)c(Cl)cc1Cl. The zero-order chi connectivity index (χ0) is 18.9. The maximum atomic E-state index is 13.5. The molecule has 0 saturated heterocycles. The van der Waals surface area contributed by atoms with Crippen LogP contribution in [0.3, 0.4) is 0 Å². The van der Waals surface area contributed by atoms with Gasteiger partial charge < -0.3 is 10.1 Å². The lowest BCUT2D eigenvalue weighted by atomic mass is 10.2. The maximum absolute atomic E-state index is 13.5. The fourth-order valence-electron chi connectivity index (χ4n) is 2.14. The number of halogens is 3. The van der Waals surface area contributed by atoms with Crippen molar-refractivity contribution in [2.75, 3.05) is 5.32 Å². The van der Waals surface area contributed by atoms with E-state index in [9.17, 15) is 14.0 Å². The van der Waals surface area contributed by atoms with Gasteiger partial charge in [0.2, 0.25) is 0 Å². The average molecular weight is 388 g/mol. The summed E-state index contributed by atoms with van der Waals surface area (Å²) in [5.74, 6) is -2.28. The Bertz CT molecular complexity index is 852. The molecule has 0 fully saturated rings. The van der Waals surface area contributed by atoms with E-state index in [1.54, 1.807) is 25.6 Å². The molecule has 0 unspecified atom stereocenters. The molecule has 1 aromatic heterocycles. The number of benzene rings is 1. The van der Waals surface area contributed by atoms with Crippen molar-refractivity contribution in [3.8, 4) is 0 Å². The highest BCUT2D eigenvalue weighted by Crippen LogP contribution is 2.25. The maximum Gasteiger partial charge on any atom is 0.340 e. The smallest absolute Gasteiger partial charge is 0.340 e. The quantitative estimate of drug-likeness (QED) is 0.641. The van der Waals surface area contributed by atoms with Gasteiger partial charge in [-0.15, -0.1) is 0 Å². The number of ether oxygens (including phenoxy) is 1. The van der Waals surface area contributed by atoms with E-state index in [1.807, 2.05) is 0 Å². The molecule has 25 heavy (non-hydrogen) atoms. The van der Waals surface area contributed by atoms with Crippen molar-refractivity contribution in [1.82, 2.24) is 9.78 Å². The van der Waals surface area contributed by atoms with Gasteiger partial charge in [0.25, 0.3) is 5.91 Å². The molecule has 1 atom stereocenters. The van der Waals surface area contributed by atoms with Crippen LogP contribution in [0.25, 0.3) is 0 Å². The molecule has 0 saturated carbocycles. The molecule has 0 radical (unpaired) electrons. The molecule has 0 aliphatic carbocycles. The van der Waals surface area contributed by atoms with Crippen molar-refractivity contribution in [3.05, 3.63) is 44.9 Å². The number of aryl methyl sites for hydroxylation is 2. The topological polar surface area (TPSA) is 73.2 Å². The van der Waals surface area contributed by atoms with Gasteiger partial charge in [-0.05, 0) is 32.9 Å². The van der Waals surface area contributed by atoms with Gasteiger partial charge in [-0.2, -0.15) is 5.10 Å². The van der Waals surface area contributed by atoms with Gasteiger partial charge in [-0.1, -0.05) is 23.2 Å². The number of aromatic nitrogens is 2. The lowest BCUT2D eigenvalue weighted by Gasteiger charge is -2.14. The van der Waals surface area contributed by atoms with Crippen LogP contribution in [-0.4, -0.2) is 27.8 Å². The monoisotopic (exact) mass is 387 g/mol. The number of esters is 1. The number of rotatable bonds is 4. The summed E-state index contributed by atoms with van der Waals surface area (Å²) in [4.78, 5) is 24.4. The molecule has 1 aromatic carbocycles. The van der Waals surface area contributed by atoms with Gasteiger partial charge >= 0.3 is 5.97 Å². The summed E-state index contributed by atoms with van der Waals surface area (Å²) in [6, 6.07) is 1.97. The third-order valence-electron chi connectivity index (χ3n) is 3.64. The van der Waals surface area contributed by atoms with Gasteiger partial charge in [-0.3, -0.25) is 9.48 Å². The van der Waals surface area contributed by atoms with Crippen LogP contribution in [0.2, 0.25) is 10.0 Å². The Morgan fingerprint density at radius 1 is 1.28 bits per heavy atom. The Morgan fingerprint density at radius 2 is 1.92 bits per heavy atom. The molecule has 2 rings (SSSR count). The zero-order valence-corrected chi connectivity index (χ0v) is 15.5. The summed E-state index contributed by atoms with van der Waals surface area (Å²) in [5.41, 5.74) is 1.73. The summed E-state index contributed by atoms with van der Waals surface area (Å²) in [6.45, 7) is 4.94. The molecule has 134 valence electrons. The third kappa shape index (κ3) is 4.11. The number of nitrogens with one attached hydrogen (secondary N) is 1. The van der Waals surface area contributed by atoms with E-state index in [0.717, 1.165) is 17.8 Å². The first-order valence-electron chi connectivity index (χ1n) is 7.28. The minimum atomic E-state index is -1.12. The predicted molar refractivity (Wildman–Crippen MR) is 92.6 cm³/mol. The first kappa shape index (κ1) is 19.2. The molecule has 1 N–H and O–H groups in total. The second-order valence-corrected chi connectivity index (χ2v) is 6.27. The Hall–Kier alpha value is -2.12. The van der Waals surface area contributed by atoms with E-state index >= 15 is 0 Å². The van der Waals surface area contributed by atoms with Crippen molar-refractivity contribution in [1.29, 1.82) is 0 Å². The summed E-state index contributed by atoms with van der Waals surface area (Å²) in [6.07, 6.45) is -1.12. The highest BCUT2D eigenvalue weighted by atomic mass is 35.5. The van der Waals surface area contributed by atoms with Crippen LogP contribution in [0.15, 0.2) is 12.1 Å². The molecular formula is C16H16Cl2FN3O3. The highest BCUT2D eigenvalue weighted by molar-refractivity contribution is 6.36. The van der Waals surface area contributed by atoms with Crippen LogP contribution >= 0.6 is 23.2 Å². The Kier molecular flexibility index (Phi) is 5.69. The molecule has 6 nitrogen and oxygen atoms in total. The number of carbonyl (C=O) groups is 2. The molecule has 9 heteroatoms. The molecular weight excluding hydrogens is 372 g/mol. The van der Waals surface area contributed by atoms with Crippen molar-refractivity contribution >= 4 is 40.8 Å². The zero-order valence-electron chi connectivity index (χ0n) is 14.0. The largest absolute Gasteiger partial charge is 0.449 e. The number of hydrogen-bond donors (Lipinski definition) is 1. The molecule has 2 aromatic rings. The fraction of sp³-hybridized carbons (Fsp3) is 0.312. The minimum Gasteiger partial charge on any atom is -0.449 e. The van der Waals surface area contributed by atoms with Crippen LogP contribution < -0.4 is 5.32 Å². The van der Waals surface area contributed by atoms with Crippen LogP contribution in [0.1, 0.15) is 28.7 Å². The average Bonchev–Trinajstić information content (AvgIpc) is 2.76. The molecule has 0 aliphatic rings. The summed E-state index contributed by atoms with van der Waals surface area (Å²) < 4.78 is 20.2. The first-order valence-corrected chi connectivity index (χ1v) is 8.04. The highest BCUT2D eigenvalue weighted by Gasteiger charge is 2.23. The van der Waals surface area contributed by atoms with Gasteiger partial charge in [0.15, 0.2) is 6.10 Å². The van der Waals surface area contributed by atoms with E-state index in [1.165, 1.54) is 6.92 Å². The van der Waals surface area contributed by atoms with Gasteiger partial charge in [0, 0.05) is 7.05 Å². The molecule has 0 spiro atoms. The molecule has 1 heterocycles. The fourth-order valence-corrected chi connectivity index (χ4v) is 2.60. The van der Waals surface area contributed by atoms with E-state index in [2.05, 4.69) is 10.4 Å². The molecule has 0 aliphatic heterocycles. The lowest BCUT2D eigenvalue weighted by molar-refractivity contribution is -0.123. The van der Waals surface area contributed by atoms with Crippen molar-refractivity contribution < 1.29 is 18.7 Å². The minimum absolute atomic E-state index is 0.0667.